The number of rotatable bonds is 4. The fraction of sp³-hybridized carbons (Fsp3) is 0.533. The molecule has 0 atom stereocenters. The highest BCUT2D eigenvalue weighted by atomic mass is 16.1. The van der Waals surface area contributed by atoms with Crippen LogP contribution in [0.4, 0.5) is 0 Å². The molecule has 0 aliphatic carbocycles. The van der Waals surface area contributed by atoms with Gasteiger partial charge in [0.15, 0.2) is 0 Å². The first-order valence-electron chi connectivity index (χ1n) is 7.49. The van der Waals surface area contributed by atoms with Gasteiger partial charge in [0.2, 0.25) is 0 Å². The molecule has 0 unspecified atom stereocenters. The monoisotopic (exact) mass is 287 g/mol. The Labute approximate surface area is 123 Å². The lowest BCUT2D eigenvalue weighted by atomic mass is 10.1. The first kappa shape index (κ1) is 14.0. The largest absolute Gasteiger partial charge is 0.348 e. The Bertz CT molecular complexity index is 688. The normalized spacial score (nSPS) is 15.1. The van der Waals surface area contributed by atoms with Gasteiger partial charge in [-0.05, 0) is 13.3 Å². The number of nitrogens with zero attached hydrogens (tertiary/aromatic N) is 3. The zero-order valence-corrected chi connectivity index (χ0v) is 12.6. The Morgan fingerprint density at radius 2 is 2.29 bits per heavy atom. The summed E-state index contributed by atoms with van der Waals surface area (Å²) in [7, 11) is 0. The van der Waals surface area contributed by atoms with Gasteiger partial charge in [0, 0.05) is 38.2 Å². The van der Waals surface area contributed by atoms with E-state index in [0.29, 0.717) is 6.54 Å². The van der Waals surface area contributed by atoms with E-state index < -0.39 is 0 Å². The van der Waals surface area contributed by atoms with Crippen molar-refractivity contribution >= 4 is 0 Å². The quantitative estimate of drug-likeness (QED) is 0.889. The van der Waals surface area contributed by atoms with Gasteiger partial charge in [-0.2, -0.15) is 0 Å². The summed E-state index contributed by atoms with van der Waals surface area (Å²) in [6.45, 7) is 6.45. The number of aryl methyl sites for hydroxylation is 2. The van der Waals surface area contributed by atoms with Crippen LogP contribution < -0.4 is 5.56 Å². The van der Waals surface area contributed by atoms with Crippen molar-refractivity contribution in [3.8, 4) is 0 Å². The van der Waals surface area contributed by atoms with Gasteiger partial charge >= 0.3 is 0 Å². The van der Waals surface area contributed by atoms with Gasteiger partial charge in [-0.1, -0.05) is 6.92 Å². The predicted molar refractivity (Wildman–Crippen MR) is 80.0 cm³/mol. The second-order valence-corrected chi connectivity index (χ2v) is 5.62. The van der Waals surface area contributed by atoms with Crippen LogP contribution in [0.25, 0.3) is 0 Å². The standard InChI is InChI=1S/C15H21N5O/c1-3-4-14-18-12-5-6-20(7-11(12)15(21)19-14)8-13-10(2)16-9-17-13/h9H,3-8H2,1-2H3,(H,16,17)(H,18,19,21). The van der Waals surface area contributed by atoms with Crippen molar-refractivity contribution in [2.75, 3.05) is 6.54 Å². The van der Waals surface area contributed by atoms with E-state index in [1.54, 1.807) is 6.33 Å². The second-order valence-electron chi connectivity index (χ2n) is 5.62. The van der Waals surface area contributed by atoms with Crippen molar-refractivity contribution in [3.63, 3.8) is 0 Å². The molecule has 0 amide bonds. The third-order valence-corrected chi connectivity index (χ3v) is 3.99. The van der Waals surface area contributed by atoms with Crippen LogP contribution in [-0.4, -0.2) is 31.4 Å². The highest BCUT2D eigenvalue weighted by molar-refractivity contribution is 5.21. The van der Waals surface area contributed by atoms with E-state index in [1.807, 2.05) is 6.92 Å². The van der Waals surface area contributed by atoms with Crippen LogP contribution in [0.3, 0.4) is 0 Å². The lowest BCUT2D eigenvalue weighted by molar-refractivity contribution is 0.238. The molecule has 0 spiro atoms. The molecule has 2 aromatic heterocycles. The molecule has 0 radical (unpaired) electrons. The van der Waals surface area contributed by atoms with E-state index in [4.69, 9.17) is 0 Å². The number of imidazole rings is 1. The molecule has 0 saturated heterocycles. The molecule has 112 valence electrons. The first-order valence-corrected chi connectivity index (χ1v) is 7.49. The zero-order valence-electron chi connectivity index (χ0n) is 12.6. The van der Waals surface area contributed by atoms with Gasteiger partial charge in [-0.25, -0.2) is 9.97 Å². The number of hydrogen-bond donors (Lipinski definition) is 2. The molecule has 21 heavy (non-hydrogen) atoms. The SMILES string of the molecule is CCCc1nc2c(c(=O)[nH]1)CN(Cc1nc[nH]c1C)CC2. The van der Waals surface area contributed by atoms with Crippen molar-refractivity contribution in [3.05, 3.63) is 45.2 Å². The molecule has 1 aliphatic rings. The third-order valence-electron chi connectivity index (χ3n) is 3.99. The Balaban J connectivity index is 1.79. The summed E-state index contributed by atoms with van der Waals surface area (Å²) in [4.78, 5) is 29.4. The van der Waals surface area contributed by atoms with Crippen LogP contribution >= 0.6 is 0 Å². The summed E-state index contributed by atoms with van der Waals surface area (Å²) in [6.07, 6.45) is 4.37. The molecule has 2 aromatic rings. The Hall–Kier alpha value is -1.95. The highest BCUT2D eigenvalue weighted by Gasteiger charge is 2.21. The number of fused-ring (bicyclic) bond motifs is 1. The van der Waals surface area contributed by atoms with E-state index in [2.05, 4.69) is 31.8 Å². The molecular weight excluding hydrogens is 266 g/mol. The summed E-state index contributed by atoms with van der Waals surface area (Å²) in [5, 5.41) is 0. The minimum atomic E-state index is 0.0203. The van der Waals surface area contributed by atoms with E-state index in [0.717, 1.165) is 60.8 Å². The minimum absolute atomic E-state index is 0.0203. The number of nitrogens with one attached hydrogen (secondary N) is 2. The third kappa shape index (κ3) is 2.90. The summed E-state index contributed by atoms with van der Waals surface area (Å²) >= 11 is 0. The summed E-state index contributed by atoms with van der Waals surface area (Å²) < 4.78 is 0. The van der Waals surface area contributed by atoms with Crippen LogP contribution in [0, 0.1) is 6.92 Å². The molecule has 6 nitrogen and oxygen atoms in total. The van der Waals surface area contributed by atoms with Crippen molar-refractivity contribution in [2.24, 2.45) is 0 Å². The number of hydrogen-bond acceptors (Lipinski definition) is 4. The van der Waals surface area contributed by atoms with Crippen molar-refractivity contribution in [1.82, 2.24) is 24.8 Å². The highest BCUT2D eigenvalue weighted by Crippen LogP contribution is 2.16. The number of aromatic amines is 2. The summed E-state index contributed by atoms with van der Waals surface area (Å²) in [5.41, 5.74) is 3.94. The second kappa shape index (κ2) is 5.81. The topological polar surface area (TPSA) is 77.7 Å². The lowest BCUT2D eigenvalue weighted by Gasteiger charge is -2.27. The number of H-pyrrole nitrogens is 2. The fourth-order valence-electron chi connectivity index (χ4n) is 2.78. The maximum absolute atomic E-state index is 12.2. The lowest BCUT2D eigenvalue weighted by Crippen LogP contribution is -2.36. The maximum atomic E-state index is 12.2. The Morgan fingerprint density at radius 1 is 1.43 bits per heavy atom. The molecule has 0 fully saturated rings. The van der Waals surface area contributed by atoms with Crippen LogP contribution in [0.2, 0.25) is 0 Å². The first-order chi connectivity index (χ1) is 10.2. The van der Waals surface area contributed by atoms with E-state index >= 15 is 0 Å². The molecule has 3 rings (SSSR count). The molecule has 0 saturated carbocycles. The van der Waals surface area contributed by atoms with Gasteiger partial charge in [-0.3, -0.25) is 9.69 Å². The fourth-order valence-corrected chi connectivity index (χ4v) is 2.78. The van der Waals surface area contributed by atoms with E-state index in [9.17, 15) is 4.79 Å². The van der Waals surface area contributed by atoms with Crippen molar-refractivity contribution in [2.45, 2.75) is 46.2 Å². The summed E-state index contributed by atoms with van der Waals surface area (Å²) in [6, 6.07) is 0. The Kier molecular flexibility index (Phi) is 3.88. The Morgan fingerprint density at radius 3 is 3.00 bits per heavy atom. The zero-order chi connectivity index (χ0) is 14.8. The van der Waals surface area contributed by atoms with Crippen LogP contribution in [0.1, 0.15) is 41.8 Å². The predicted octanol–water partition coefficient (Wildman–Crippen LogP) is 1.31. The molecule has 6 heteroatoms. The molecule has 0 bridgehead atoms. The van der Waals surface area contributed by atoms with Gasteiger partial charge in [0.25, 0.3) is 5.56 Å². The van der Waals surface area contributed by atoms with E-state index in [1.165, 1.54) is 0 Å². The average Bonchev–Trinajstić information content (AvgIpc) is 2.85. The molecule has 1 aliphatic heterocycles. The molecule has 3 heterocycles. The molecular formula is C15H21N5O. The van der Waals surface area contributed by atoms with E-state index in [-0.39, 0.29) is 5.56 Å². The summed E-state index contributed by atoms with van der Waals surface area (Å²) in [5.74, 6) is 0.817. The molecule has 2 N–H and O–H groups in total. The van der Waals surface area contributed by atoms with Gasteiger partial charge in [0.05, 0.1) is 23.3 Å². The molecule has 0 aromatic carbocycles. The minimum Gasteiger partial charge on any atom is -0.348 e. The van der Waals surface area contributed by atoms with Crippen molar-refractivity contribution in [1.29, 1.82) is 0 Å². The van der Waals surface area contributed by atoms with Crippen LogP contribution in [0.15, 0.2) is 11.1 Å². The van der Waals surface area contributed by atoms with Crippen LogP contribution in [-0.2, 0) is 25.9 Å². The number of aromatic nitrogens is 4. The van der Waals surface area contributed by atoms with Gasteiger partial charge in [-0.15, -0.1) is 0 Å². The van der Waals surface area contributed by atoms with Gasteiger partial charge < -0.3 is 9.97 Å². The van der Waals surface area contributed by atoms with Crippen LogP contribution in [0.5, 0.6) is 0 Å². The maximum Gasteiger partial charge on any atom is 0.255 e. The van der Waals surface area contributed by atoms with Crippen molar-refractivity contribution < 1.29 is 0 Å². The smallest absolute Gasteiger partial charge is 0.255 e. The average molecular weight is 287 g/mol. The van der Waals surface area contributed by atoms with Gasteiger partial charge in [0.1, 0.15) is 5.82 Å².